The van der Waals surface area contributed by atoms with E-state index in [9.17, 15) is 14.7 Å². The molecule has 19 heavy (non-hydrogen) atoms. The molecule has 0 aliphatic heterocycles. The Kier molecular flexibility index (Phi) is 15.8. The lowest BCUT2D eigenvalue weighted by molar-refractivity contribution is -0.143. The molecule has 0 heterocycles. The van der Waals surface area contributed by atoms with Crippen LogP contribution < -0.4 is 0 Å². The van der Waals surface area contributed by atoms with Crippen LogP contribution in [0.25, 0.3) is 0 Å². The zero-order valence-electron chi connectivity index (χ0n) is 11.2. The van der Waals surface area contributed by atoms with E-state index >= 15 is 0 Å². The topological polar surface area (TPSA) is 124 Å². The van der Waals surface area contributed by atoms with Crippen LogP contribution in [-0.2, 0) is 14.3 Å². The van der Waals surface area contributed by atoms with Crippen molar-refractivity contribution in [3.63, 3.8) is 0 Å². The minimum atomic E-state index is -1.08. The summed E-state index contributed by atoms with van der Waals surface area (Å²) in [6, 6.07) is 0. The van der Waals surface area contributed by atoms with Gasteiger partial charge in [0.05, 0.1) is 38.8 Å². The second-order valence-electron chi connectivity index (χ2n) is 3.88. The van der Waals surface area contributed by atoms with Gasteiger partial charge < -0.3 is 25.2 Å². The quantitative estimate of drug-likeness (QED) is 0.429. The summed E-state index contributed by atoms with van der Waals surface area (Å²) in [6.07, 6.45) is 1.97. The average molecular weight is 280 g/mol. The molecule has 0 aliphatic carbocycles. The van der Waals surface area contributed by atoms with Gasteiger partial charge in [-0.2, -0.15) is 0 Å². The molecule has 0 rings (SSSR count). The van der Waals surface area contributed by atoms with E-state index in [1.165, 1.54) is 0 Å². The van der Waals surface area contributed by atoms with Gasteiger partial charge in [-0.3, -0.25) is 9.59 Å². The van der Waals surface area contributed by atoms with E-state index in [0.29, 0.717) is 13.2 Å². The van der Waals surface area contributed by atoms with Gasteiger partial charge in [0, 0.05) is 0 Å². The standard InChI is InChI=1S/C8H18O3.C4H6O4/c1-2-3-4-8(10)7-11-6-5-9;5-3(6)1-2-4(7)8/h8-10H,2-7H2,1H3;1-2H2,(H,5,6)(H,7,8). The van der Waals surface area contributed by atoms with Crippen molar-refractivity contribution in [2.45, 2.75) is 45.1 Å². The van der Waals surface area contributed by atoms with Crippen LogP contribution in [0, 0.1) is 0 Å². The fourth-order valence-electron chi connectivity index (χ4n) is 1.02. The van der Waals surface area contributed by atoms with E-state index in [0.717, 1.165) is 19.3 Å². The van der Waals surface area contributed by atoms with Crippen LogP contribution in [0.5, 0.6) is 0 Å². The van der Waals surface area contributed by atoms with Gasteiger partial charge in [0.2, 0.25) is 0 Å². The van der Waals surface area contributed by atoms with Crippen LogP contribution >= 0.6 is 0 Å². The van der Waals surface area contributed by atoms with Crippen LogP contribution in [0.2, 0.25) is 0 Å². The van der Waals surface area contributed by atoms with Crippen LogP contribution in [0.1, 0.15) is 39.0 Å². The van der Waals surface area contributed by atoms with Crippen molar-refractivity contribution in [2.24, 2.45) is 0 Å². The Hall–Kier alpha value is -1.18. The smallest absolute Gasteiger partial charge is 0.303 e. The Labute approximate surface area is 112 Å². The van der Waals surface area contributed by atoms with Crippen molar-refractivity contribution in [2.75, 3.05) is 19.8 Å². The summed E-state index contributed by atoms with van der Waals surface area (Å²) < 4.78 is 4.94. The lowest BCUT2D eigenvalue weighted by Gasteiger charge is -2.09. The zero-order chi connectivity index (χ0) is 15.1. The van der Waals surface area contributed by atoms with Gasteiger partial charge in [-0.25, -0.2) is 0 Å². The molecule has 7 heteroatoms. The number of ether oxygens (including phenoxy) is 1. The van der Waals surface area contributed by atoms with Crippen molar-refractivity contribution in [3.05, 3.63) is 0 Å². The third-order valence-electron chi connectivity index (χ3n) is 1.99. The highest BCUT2D eigenvalue weighted by Crippen LogP contribution is 2.00. The summed E-state index contributed by atoms with van der Waals surface area (Å²) in [5.41, 5.74) is 0. The van der Waals surface area contributed by atoms with Crippen molar-refractivity contribution in [3.8, 4) is 0 Å². The number of unbranched alkanes of at least 4 members (excludes halogenated alkanes) is 1. The first-order valence-corrected chi connectivity index (χ1v) is 6.24. The summed E-state index contributed by atoms with van der Waals surface area (Å²) >= 11 is 0. The maximum absolute atomic E-state index is 9.64. The minimum absolute atomic E-state index is 0.0283. The maximum atomic E-state index is 9.64. The molecular formula is C12H24O7. The Morgan fingerprint density at radius 2 is 1.68 bits per heavy atom. The molecule has 0 fully saturated rings. The molecule has 0 saturated carbocycles. The Morgan fingerprint density at radius 1 is 1.16 bits per heavy atom. The van der Waals surface area contributed by atoms with Crippen molar-refractivity contribution in [1.82, 2.24) is 0 Å². The number of hydrogen-bond acceptors (Lipinski definition) is 5. The van der Waals surface area contributed by atoms with E-state index in [1.54, 1.807) is 0 Å². The summed E-state index contributed by atoms with van der Waals surface area (Å²) in [4.78, 5) is 19.3. The lowest BCUT2D eigenvalue weighted by Crippen LogP contribution is -2.16. The van der Waals surface area contributed by atoms with Gasteiger partial charge >= 0.3 is 11.9 Å². The predicted molar refractivity (Wildman–Crippen MR) is 67.9 cm³/mol. The fraction of sp³-hybridized carbons (Fsp3) is 0.833. The summed E-state index contributed by atoms with van der Waals surface area (Å²) in [5, 5.41) is 33.3. The number of carbonyl (C=O) groups is 2. The fourth-order valence-corrected chi connectivity index (χ4v) is 1.02. The molecule has 0 aromatic heterocycles. The summed E-state index contributed by atoms with van der Waals surface area (Å²) in [6.45, 7) is 2.78. The van der Waals surface area contributed by atoms with Crippen LogP contribution in [-0.4, -0.2) is 58.3 Å². The lowest BCUT2D eigenvalue weighted by atomic mass is 10.2. The van der Waals surface area contributed by atoms with Gasteiger partial charge in [-0.05, 0) is 6.42 Å². The average Bonchev–Trinajstić information content (AvgIpc) is 2.35. The number of aliphatic hydroxyl groups excluding tert-OH is 2. The molecule has 0 aromatic carbocycles. The highest BCUT2D eigenvalue weighted by atomic mass is 16.5. The number of carboxylic acid groups (broad SMARTS) is 2. The Balaban J connectivity index is 0. The number of carboxylic acids is 2. The number of hydrogen-bond donors (Lipinski definition) is 4. The Morgan fingerprint density at radius 3 is 2.05 bits per heavy atom. The third kappa shape index (κ3) is 22.5. The van der Waals surface area contributed by atoms with Crippen molar-refractivity contribution >= 4 is 11.9 Å². The van der Waals surface area contributed by atoms with E-state index in [-0.39, 0.29) is 25.6 Å². The number of aliphatic carboxylic acids is 2. The van der Waals surface area contributed by atoms with E-state index in [4.69, 9.17) is 20.1 Å². The SMILES string of the molecule is CCCCC(O)COCCO.O=C(O)CCC(=O)O. The number of aliphatic hydroxyl groups is 2. The van der Waals surface area contributed by atoms with Crippen LogP contribution in [0.15, 0.2) is 0 Å². The molecule has 0 radical (unpaired) electrons. The predicted octanol–water partition coefficient (Wildman–Crippen LogP) is 0.482. The molecule has 0 aromatic rings. The van der Waals surface area contributed by atoms with Gasteiger partial charge in [0.15, 0.2) is 0 Å². The molecule has 1 atom stereocenters. The maximum Gasteiger partial charge on any atom is 0.303 e. The van der Waals surface area contributed by atoms with Gasteiger partial charge in [-0.15, -0.1) is 0 Å². The van der Waals surface area contributed by atoms with E-state index < -0.39 is 11.9 Å². The van der Waals surface area contributed by atoms with E-state index in [1.807, 2.05) is 0 Å². The molecule has 0 spiro atoms. The van der Waals surface area contributed by atoms with Gasteiger partial charge in [0.1, 0.15) is 0 Å². The third-order valence-corrected chi connectivity index (χ3v) is 1.99. The first-order valence-electron chi connectivity index (χ1n) is 6.24. The molecule has 0 amide bonds. The van der Waals surface area contributed by atoms with E-state index in [2.05, 4.69) is 6.92 Å². The first-order chi connectivity index (χ1) is 8.93. The van der Waals surface area contributed by atoms with Crippen molar-refractivity contribution in [1.29, 1.82) is 0 Å². The summed E-state index contributed by atoms with van der Waals surface area (Å²) in [5.74, 6) is -2.15. The largest absolute Gasteiger partial charge is 0.481 e. The monoisotopic (exact) mass is 280 g/mol. The van der Waals surface area contributed by atoms with Crippen molar-refractivity contribution < 1.29 is 34.8 Å². The Bertz CT molecular complexity index is 216. The minimum Gasteiger partial charge on any atom is -0.481 e. The first kappa shape index (κ1) is 20.1. The molecule has 0 aliphatic rings. The second-order valence-corrected chi connectivity index (χ2v) is 3.88. The van der Waals surface area contributed by atoms with Crippen LogP contribution in [0.4, 0.5) is 0 Å². The molecule has 0 bridgehead atoms. The molecule has 7 nitrogen and oxygen atoms in total. The molecular weight excluding hydrogens is 256 g/mol. The number of rotatable bonds is 10. The normalized spacial score (nSPS) is 11.3. The second kappa shape index (κ2) is 14.9. The molecule has 1 unspecified atom stereocenters. The van der Waals surface area contributed by atoms with Gasteiger partial charge in [-0.1, -0.05) is 19.8 Å². The highest BCUT2D eigenvalue weighted by molar-refractivity contribution is 5.75. The van der Waals surface area contributed by atoms with Gasteiger partial charge in [0.25, 0.3) is 0 Å². The summed E-state index contributed by atoms with van der Waals surface area (Å²) in [7, 11) is 0. The molecule has 0 saturated heterocycles. The molecule has 4 N–H and O–H groups in total. The highest BCUT2D eigenvalue weighted by Gasteiger charge is 2.02. The van der Waals surface area contributed by atoms with Crippen LogP contribution in [0.3, 0.4) is 0 Å². The molecule has 114 valence electrons. The zero-order valence-corrected chi connectivity index (χ0v) is 11.2.